The summed E-state index contributed by atoms with van der Waals surface area (Å²) >= 11 is 3.32. The van der Waals surface area contributed by atoms with Gasteiger partial charge in [0.25, 0.3) is 0 Å². The van der Waals surface area contributed by atoms with Crippen LogP contribution in [-0.4, -0.2) is 5.78 Å². The third kappa shape index (κ3) is 2.81. The van der Waals surface area contributed by atoms with Crippen molar-refractivity contribution in [2.24, 2.45) is 11.8 Å². The lowest BCUT2D eigenvalue weighted by atomic mass is 9.89. The standard InChI is InChI=1S/C12H16BrNO/c1-7(2)8(3)12(15)10-5-4-9(13)6-11(10)14/h4-8H,14H2,1-3H3. The summed E-state index contributed by atoms with van der Waals surface area (Å²) in [5, 5.41) is 0. The van der Waals surface area contributed by atoms with Gasteiger partial charge in [0.15, 0.2) is 5.78 Å². The van der Waals surface area contributed by atoms with Gasteiger partial charge < -0.3 is 5.73 Å². The van der Waals surface area contributed by atoms with E-state index in [-0.39, 0.29) is 11.7 Å². The van der Waals surface area contributed by atoms with Crippen LogP contribution in [0.25, 0.3) is 0 Å². The minimum atomic E-state index is 0.00785. The number of ketones is 1. The van der Waals surface area contributed by atoms with Crippen LogP contribution in [0.5, 0.6) is 0 Å². The van der Waals surface area contributed by atoms with Crippen molar-refractivity contribution in [2.45, 2.75) is 20.8 Å². The smallest absolute Gasteiger partial charge is 0.167 e. The first-order valence-electron chi connectivity index (χ1n) is 5.02. The van der Waals surface area contributed by atoms with E-state index >= 15 is 0 Å². The van der Waals surface area contributed by atoms with Crippen LogP contribution in [0.4, 0.5) is 5.69 Å². The van der Waals surface area contributed by atoms with Gasteiger partial charge in [0.1, 0.15) is 0 Å². The van der Waals surface area contributed by atoms with E-state index in [0.717, 1.165) is 4.47 Å². The first-order valence-corrected chi connectivity index (χ1v) is 5.82. The second kappa shape index (κ2) is 4.79. The highest BCUT2D eigenvalue weighted by molar-refractivity contribution is 9.10. The molecule has 1 aromatic carbocycles. The van der Waals surface area contributed by atoms with Crippen LogP contribution < -0.4 is 5.73 Å². The maximum atomic E-state index is 12.0. The third-order valence-corrected chi connectivity index (χ3v) is 3.19. The van der Waals surface area contributed by atoms with Crippen molar-refractivity contribution in [1.29, 1.82) is 0 Å². The Balaban J connectivity index is 3.01. The number of halogens is 1. The summed E-state index contributed by atoms with van der Waals surface area (Å²) in [5.41, 5.74) is 6.98. The molecular formula is C12H16BrNO. The van der Waals surface area contributed by atoms with Gasteiger partial charge in [-0.25, -0.2) is 0 Å². The van der Waals surface area contributed by atoms with E-state index in [9.17, 15) is 4.79 Å². The molecule has 0 aliphatic carbocycles. The summed E-state index contributed by atoms with van der Waals surface area (Å²) in [7, 11) is 0. The number of anilines is 1. The van der Waals surface area contributed by atoms with Crippen LogP contribution >= 0.6 is 15.9 Å². The van der Waals surface area contributed by atoms with E-state index in [0.29, 0.717) is 17.2 Å². The van der Waals surface area contributed by atoms with Crippen LogP contribution in [-0.2, 0) is 0 Å². The highest BCUT2D eigenvalue weighted by Crippen LogP contribution is 2.23. The minimum absolute atomic E-state index is 0.00785. The SMILES string of the molecule is CC(C)C(C)C(=O)c1ccc(Br)cc1N. The van der Waals surface area contributed by atoms with Crippen LogP contribution in [0.1, 0.15) is 31.1 Å². The van der Waals surface area contributed by atoms with Crippen molar-refractivity contribution in [1.82, 2.24) is 0 Å². The number of nitrogen functional groups attached to an aromatic ring is 1. The molecule has 2 nitrogen and oxygen atoms in total. The van der Waals surface area contributed by atoms with Crippen LogP contribution in [0.3, 0.4) is 0 Å². The maximum absolute atomic E-state index is 12.0. The number of hydrogen-bond acceptors (Lipinski definition) is 2. The molecule has 0 bridgehead atoms. The molecule has 15 heavy (non-hydrogen) atoms. The first-order chi connectivity index (χ1) is 6.93. The predicted octanol–water partition coefficient (Wildman–Crippen LogP) is 3.51. The second-order valence-electron chi connectivity index (χ2n) is 4.13. The van der Waals surface area contributed by atoms with E-state index in [1.54, 1.807) is 12.1 Å². The summed E-state index contributed by atoms with van der Waals surface area (Å²) in [4.78, 5) is 12.0. The summed E-state index contributed by atoms with van der Waals surface area (Å²) in [6.07, 6.45) is 0. The zero-order valence-corrected chi connectivity index (χ0v) is 10.8. The third-order valence-electron chi connectivity index (χ3n) is 2.69. The van der Waals surface area contributed by atoms with E-state index in [2.05, 4.69) is 15.9 Å². The molecule has 0 aliphatic heterocycles. The first kappa shape index (κ1) is 12.2. The molecule has 0 saturated heterocycles. The molecule has 0 fully saturated rings. The Morgan fingerprint density at radius 1 is 1.33 bits per heavy atom. The fraction of sp³-hybridized carbons (Fsp3) is 0.417. The fourth-order valence-corrected chi connectivity index (χ4v) is 1.68. The van der Waals surface area contributed by atoms with Gasteiger partial charge in [-0.15, -0.1) is 0 Å². The topological polar surface area (TPSA) is 43.1 Å². The lowest BCUT2D eigenvalue weighted by Gasteiger charge is -2.15. The molecule has 1 rings (SSSR count). The lowest BCUT2D eigenvalue weighted by molar-refractivity contribution is 0.0900. The van der Waals surface area contributed by atoms with Gasteiger partial charge in [0, 0.05) is 21.6 Å². The number of rotatable bonds is 3. The number of carbonyl (C=O) groups is 1. The molecule has 0 aliphatic rings. The Labute approximate surface area is 99.0 Å². The largest absolute Gasteiger partial charge is 0.398 e. The van der Waals surface area contributed by atoms with Gasteiger partial charge >= 0.3 is 0 Å². The molecule has 1 aromatic rings. The van der Waals surface area contributed by atoms with Crippen molar-refractivity contribution in [3.8, 4) is 0 Å². The van der Waals surface area contributed by atoms with E-state index < -0.39 is 0 Å². The highest BCUT2D eigenvalue weighted by Gasteiger charge is 2.20. The molecule has 82 valence electrons. The maximum Gasteiger partial charge on any atom is 0.167 e. The molecule has 0 amide bonds. The molecule has 0 heterocycles. The van der Waals surface area contributed by atoms with Gasteiger partial charge in [-0.2, -0.15) is 0 Å². The van der Waals surface area contributed by atoms with E-state index in [4.69, 9.17) is 5.73 Å². The Morgan fingerprint density at radius 3 is 2.40 bits per heavy atom. The van der Waals surface area contributed by atoms with Crippen LogP contribution in [0, 0.1) is 11.8 Å². The van der Waals surface area contributed by atoms with Gasteiger partial charge in [0.05, 0.1) is 0 Å². The van der Waals surface area contributed by atoms with Gasteiger partial charge in [0.2, 0.25) is 0 Å². The average molecular weight is 270 g/mol. The van der Waals surface area contributed by atoms with Gasteiger partial charge in [-0.05, 0) is 24.1 Å². The zero-order valence-electron chi connectivity index (χ0n) is 9.25. The number of nitrogens with two attached hydrogens (primary N) is 1. The average Bonchev–Trinajstić information content (AvgIpc) is 2.15. The minimum Gasteiger partial charge on any atom is -0.398 e. The van der Waals surface area contributed by atoms with E-state index in [1.165, 1.54) is 0 Å². The molecule has 0 aromatic heterocycles. The predicted molar refractivity (Wildman–Crippen MR) is 66.9 cm³/mol. The molecule has 0 radical (unpaired) electrons. The molecule has 0 saturated carbocycles. The molecule has 3 heteroatoms. The zero-order chi connectivity index (χ0) is 11.6. The Hall–Kier alpha value is -0.830. The molecule has 1 atom stereocenters. The van der Waals surface area contributed by atoms with Crippen LogP contribution in [0.15, 0.2) is 22.7 Å². The summed E-state index contributed by atoms with van der Waals surface area (Å²) in [6, 6.07) is 5.39. The van der Waals surface area contributed by atoms with Gasteiger partial charge in [-0.3, -0.25) is 4.79 Å². The molecule has 2 N–H and O–H groups in total. The van der Waals surface area contributed by atoms with Crippen molar-refractivity contribution in [3.63, 3.8) is 0 Å². The normalized spacial score (nSPS) is 12.9. The summed E-state index contributed by atoms with van der Waals surface area (Å²) < 4.78 is 0.897. The van der Waals surface area contributed by atoms with Crippen molar-refractivity contribution >= 4 is 27.4 Å². The van der Waals surface area contributed by atoms with Gasteiger partial charge in [-0.1, -0.05) is 36.7 Å². The quantitative estimate of drug-likeness (QED) is 0.674. The van der Waals surface area contributed by atoms with Crippen molar-refractivity contribution < 1.29 is 4.79 Å². The summed E-state index contributed by atoms with van der Waals surface area (Å²) in [5.74, 6) is 0.462. The second-order valence-corrected chi connectivity index (χ2v) is 5.04. The van der Waals surface area contributed by atoms with E-state index in [1.807, 2.05) is 26.8 Å². The molecule has 0 spiro atoms. The lowest BCUT2D eigenvalue weighted by Crippen LogP contribution is -2.18. The van der Waals surface area contributed by atoms with Crippen molar-refractivity contribution in [3.05, 3.63) is 28.2 Å². The highest BCUT2D eigenvalue weighted by atomic mass is 79.9. The molecular weight excluding hydrogens is 254 g/mol. The monoisotopic (exact) mass is 269 g/mol. The number of Topliss-reactive ketones (excluding diaryl/α,β-unsaturated/α-hetero) is 1. The van der Waals surface area contributed by atoms with Crippen LogP contribution in [0.2, 0.25) is 0 Å². The number of hydrogen-bond donors (Lipinski definition) is 1. The van der Waals surface area contributed by atoms with Crippen molar-refractivity contribution in [2.75, 3.05) is 5.73 Å². The Kier molecular flexibility index (Phi) is 3.91. The Bertz CT molecular complexity index is 374. The fourth-order valence-electron chi connectivity index (χ4n) is 1.31. The summed E-state index contributed by atoms with van der Waals surface area (Å²) in [6.45, 7) is 6.02. The number of benzene rings is 1. The molecule has 1 unspecified atom stereocenters. The number of carbonyl (C=O) groups excluding carboxylic acids is 1. The Morgan fingerprint density at radius 2 is 1.93 bits per heavy atom.